The summed E-state index contributed by atoms with van der Waals surface area (Å²) in [6.07, 6.45) is 4.27. The first-order chi connectivity index (χ1) is 10.2. The van der Waals surface area contributed by atoms with Crippen molar-refractivity contribution in [2.75, 3.05) is 12.1 Å². The highest BCUT2D eigenvalue weighted by molar-refractivity contribution is 6.01. The number of pyridine rings is 1. The lowest BCUT2D eigenvalue weighted by Gasteiger charge is -2.01. The summed E-state index contributed by atoms with van der Waals surface area (Å²) < 4.78 is 23.1. The van der Waals surface area contributed by atoms with Crippen LogP contribution >= 0.6 is 0 Å². The van der Waals surface area contributed by atoms with Crippen molar-refractivity contribution in [1.82, 2.24) is 4.98 Å². The fourth-order valence-corrected chi connectivity index (χ4v) is 1.82. The topological polar surface area (TPSA) is 60.5 Å². The number of ether oxygens (including phenoxy) is 2. The number of carbonyl (C=O) groups is 1. The van der Waals surface area contributed by atoms with Gasteiger partial charge in [-0.25, -0.2) is 4.98 Å². The summed E-state index contributed by atoms with van der Waals surface area (Å²) in [6, 6.07) is 8.00. The maximum absolute atomic E-state index is 12.6. The molecule has 0 bridgehead atoms. The number of anilines is 1. The molecule has 1 aliphatic heterocycles. The molecular formula is C15H11FN2O3. The number of carbonyl (C=O) groups excluding carboxylic acids is 1. The third-order valence-corrected chi connectivity index (χ3v) is 2.82. The Morgan fingerprint density at radius 1 is 1.24 bits per heavy atom. The normalized spacial score (nSPS) is 12.6. The molecule has 0 fully saturated rings. The minimum Gasteiger partial charge on any atom is -0.454 e. The Labute approximate surface area is 120 Å². The van der Waals surface area contributed by atoms with Crippen molar-refractivity contribution in [2.45, 2.75) is 0 Å². The predicted octanol–water partition coefficient (Wildman–Crippen LogP) is 2.60. The number of amides is 1. The molecule has 21 heavy (non-hydrogen) atoms. The molecular weight excluding hydrogens is 275 g/mol. The second kappa shape index (κ2) is 5.62. The fourth-order valence-electron chi connectivity index (χ4n) is 1.82. The number of hydrogen-bond acceptors (Lipinski definition) is 4. The van der Waals surface area contributed by atoms with E-state index in [0.717, 1.165) is 5.56 Å². The number of halogens is 1. The molecule has 1 aromatic carbocycles. The number of nitrogens with one attached hydrogen (secondary N) is 1. The molecule has 3 rings (SSSR count). The first kappa shape index (κ1) is 13.1. The third kappa shape index (κ3) is 3.17. The molecule has 0 saturated heterocycles. The molecule has 0 atom stereocenters. The smallest absolute Gasteiger partial charge is 0.248 e. The van der Waals surface area contributed by atoms with Crippen molar-refractivity contribution in [1.29, 1.82) is 0 Å². The van der Waals surface area contributed by atoms with Crippen LogP contribution < -0.4 is 14.8 Å². The van der Waals surface area contributed by atoms with Crippen LogP contribution in [0, 0.1) is 5.95 Å². The van der Waals surface area contributed by atoms with E-state index in [2.05, 4.69) is 10.3 Å². The molecule has 0 spiro atoms. The van der Waals surface area contributed by atoms with Gasteiger partial charge in [-0.3, -0.25) is 4.79 Å². The molecule has 0 unspecified atom stereocenters. The summed E-state index contributed by atoms with van der Waals surface area (Å²) in [5.41, 5.74) is 1.24. The average Bonchev–Trinajstić information content (AvgIpc) is 2.95. The van der Waals surface area contributed by atoms with Crippen molar-refractivity contribution in [3.8, 4) is 11.5 Å². The molecule has 2 heterocycles. The Morgan fingerprint density at radius 2 is 2.10 bits per heavy atom. The van der Waals surface area contributed by atoms with Gasteiger partial charge in [0, 0.05) is 6.08 Å². The number of rotatable bonds is 3. The van der Waals surface area contributed by atoms with E-state index >= 15 is 0 Å². The van der Waals surface area contributed by atoms with Crippen molar-refractivity contribution in [3.05, 3.63) is 54.1 Å². The Balaban J connectivity index is 1.65. The van der Waals surface area contributed by atoms with E-state index in [4.69, 9.17) is 9.47 Å². The first-order valence-electron chi connectivity index (χ1n) is 6.21. The fraction of sp³-hybridized carbons (Fsp3) is 0.0667. The number of nitrogens with zero attached hydrogens (tertiary/aromatic N) is 1. The second-order valence-electron chi connectivity index (χ2n) is 4.30. The lowest BCUT2D eigenvalue weighted by molar-refractivity contribution is -0.111. The Kier molecular flexibility index (Phi) is 3.51. The summed E-state index contributed by atoms with van der Waals surface area (Å²) in [4.78, 5) is 15.2. The van der Waals surface area contributed by atoms with Gasteiger partial charge < -0.3 is 14.8 Å². The highest BCUT2D eigenvalue weighted by Crippen LogP contribution is 2.32. The van der Waals surface area contributed by atoms with E-state index in [1.54, 1.807) is 18.2 Å². The van der Waals surface area contributed by atoms with E-state index in [1.807, 2.05) is 6.07 Å². The maximum Gasteiger partial charge on any atom is 0.248 e. The summed E-state index contributed by atoms with van der Waals surface area (Å²) in [5, 5.41) is 2.58. The molecule has 1 aliphatic rings. The second-order valence-corrected chi connectivity index (χ2v) is 4.30. The number of hydrogen-bond donors (Lipinski definition) is 1. The third-order valence-electron chi connectivity index (χ3n) is 2.82. The van der Waals surface area contributed by atoms with Crippen LogP contribution in [-0.2, 0) is 4.79 Å². The van der Waals surface area contributed by atoms with Gasteiger partial charge in [-0.1, -0.05) is 6.07 Å². The molecule has 0 aliphatic carbocycles. The van der Waals surface area contributed by atoms with Gasteiger partial charge in [0.2, 0.25) is 18.6 Å². The Hall–Kier alpha value is -2.89. The predicted molar refractivity (Wildman–Crippen MR) is 74.4 cm³/mol. The van der Waals surface area contributed by atoms with Crippen LogP contribution in [0.1, 0.15) is 5.56 Å². The summed E-state index contributed by atoms with van der Waals surface area (Å²) in [7, 11) is 0. The lowest BCUT2D eigenvalue weighted by atomic mass is 10.2. The molecule has 5 nitrogen and oxygen atoms in total. The van der Waals surface area contributed by atoms with Crippen molar-refractivity contribution in [3.63, 3.8) is 0 Å². The van der Waals surface area contributed by atoms with Crippen LogP contribution in [-0.4, -0.2) is 17.7 Å². The Bertz CT molecular complexity index is 699. The van der Waals surface area contributed by atoms with Gasteiger partial charge >= 0.3 is 0 Å². The van der Waals surface area contributed by atoms with E-state index in [9.17, 15) is 9.18 Å². The van der Waals surface area contributed by atoms with Gasteiger partial charge in [-0.2, -0.15) is 4.39 Å². The van der Waals surface area contributed by atoms with Crippen LogP contribution in [0.3, 0.4) is 0 Å². The van der Waals surface area contributed by atoms with Crippen LogP contribution in [0.25, 0.3) is 6.08 Å². The summed E-state index contributed by atoms with van der Waals surface area (Å²) in [5.74, 6) is 0.416. The van der Waals surface area contributed by atoms with Crippen molar-refractivity contribution >= 4 is 17.7 Å². The van der Waals surface area contributed by atoms with Crippen LogP contribution in [0.2, 0.25) is 0 Å². The quantitative estimate of drug-likeness (QED) is 0.696. The molecule has 1 aromatic heterocycles. The largest absolute Gasteiger partial charge is 0.454 e. The highest BCUT2D eigenvalue weighted by atomic mass is 19.1. The highest BCUT2D eigenvalue weighted by Gasteiger charge is 2.12. The number of benzene rings is 1. The summed E-state index contributed by atoms with van der Waals surface area (Å²) >= 11 is 0. The van der Waals surface area contributed by atoms with Crippen LogP contribution in [0.15, 0.2) is 42.6 Å². The molecule has 0 radical (unpaired) electrons. The van der Waals surface area contributed by atoms with E-state index in [0.29, 0.717) is 17.2 Å². The van der Waals surface area contributed by atoms with Crippen molar-refractivity contribution < 1.29 is 18.7 Å². The zero-order valence-electron chi connectivity index (χ0n) is 10.9. The zero-order chi connectivity index (χ0) is 14.7. The van der Waals surface area contributed by atoms with Crippen molar-refractivity contribution in [2.24, 2.45) is 0 Å². The molecule has 6 heteroatoms. The minimum absolute atomic E-state index is 0.209. The monoisotopic (exact) mass is 286 g/mol. The van der Waals surface area contributed by atoms with E-state index in [-0.39, 0.29) is 12.7 Å². The van der Waals surface area contributed by atoms with Gasteiger partial charge in [0.25, 0.3) is 0 Å². The van der Waals surface area contributed by atoms with E-state index in [1.165, 1.54) is 24.4 Å². The average molecular weight is 286 g/mol. The SMILES string of the molecule is O=C(/C=C/c1ccc2c(c1)OCO2)Nc1ccc(F)nc1. The van der Waals surface area contributed by atoms with Crippen LogP contribution in [0.4, 0.5) is 10.1 Å². The standard InChI is InChI=1S/C15H11FN2O3/c16-14-5-3-11(8-17-14)18-15(19)6-2-10-1-4-12-13(7-10)21-9-20-12/h1-8H,9H2,(H,18,19)/b6-2+. The number of aromatic nitrogens is 1. The van der Waals surface area contributed by atoms with Gasteiger partial charge in [-0.15, -0.1) is 0 Å². The van der Waals surface area contributed by atoms with Gasteiger partial charge in [0.05, 0.1) is 11.9 Å². The first-order valence-corrected chi connectivity index (χ1v) is 6.21. The van der Waals surface area contributed by atoms with E-state index < -0.39 is 5.95 Å². The van der Waals surface area contributed by atoms with Gasteiger partial charge in [0.1, 0.15) is 0 Å². The minimum atomic E-state index is -0.594. The van der Waals surface area contributed by atoms with Crippen LogP contribution in [0.5, 0.6) is 11.5 Å². The molecule has 0 saturated carbocycles. The molecule has 106 valence electrons. The number of fused-ring (bicyclic) bond motifs is 1. The molecule has 1 N–H and O–H groups in total. The molecule has 2 aromatic rings. The lowest BCUT2D eigenvalue weighted by Crippen LogP contribution is -2.07. The van der Waals surface area contributed by atoms with Gasteiger partial charge in [-0.05, 0) is 35.9 Å². The summed E-state index contributed by atoms with van der Waals surface area (Å²) in [6.45, 7) is 0.209. The Morgan fingerprint density at radius 3 is 2.90 bits per heavy atom. The molecule has 1 amide bonds. The maximum atomic E-state index is 12.6. The van der Waals surface area contributed by atoms with Gasteiger partial charge in [0.15, 0.2) is 11.5 Å². The zero-order valence-corrected chi connectivity index (χ0v) is 10.9.